The molecule has 0 aliphatic carbocycles. The summed E-state index contributed by atoms with van der Waals surface area (Å²) in [6.07, 6.45) is 5.10. The van der Waals surface area contributed by atoms with E-state index in [9.17, 15) is 0 Å². The van der Waals surface area contributed by atoms with Crippen molar-refractivity contribution in [3.63, 3.8) is 0 Å². The third-order valence-corrected chi connectivity index (χ3v) is 7.56. The summed E-state index contributed by atoms with van der Waals surface area (Å²) < 4.78 is 13.0. The van der Waals surface area contributed by atoms with Gasteiger partial charge in [0.2, 0.25) is 0 Å². The maximum atomic E-state index is 6.48. The van der Waals surface area contributed by atoms with Gasteiger partial charge in [0, 0.05) is 0 Å². The van der Waals surface area contributed by atoms with E-state index in [2.05, 4.69) is 103 Å². The molecule has 0 unspecified atom stereocenters. The summed E-state index contributed by atoms with van der Waals surface area (Å²) in [6.45, 7) is 22.3. The van der Waals surface area contributed by atoms with Gasteiger partial charge < -0.3 is 9.47 Å². The van der Waals surface area contributed by atoms with Crippen LogP contribution in [0.5, 0.6) is 0 Å². The van der Waals surface area contributed by atoms with Crippen LogP contribution in [0.1, 0.15) is 63.8 Å². The van der Waals surface area contributed by atoms with Gasteiger partial charge in [0.15, 0.2) is 11.8 Å². The second kappa shape index (κ2) is 10.3. The molecule has 2 atom stereocenters. The third-order valence-electron chi connectivity index (χ3n) is 7.56. The molecule has 2 aromatic rings. The molecule has 2 aromatic carbocycles. The number of benzene rings is 2. The van der Waals surface area contributed by atoms with Crippen LogP contribution in [-0.4, -0.2) is 37.1 Å². The summed E-state index contributed by atoms with van der Waals surface area (Å²) in [5.74, 6) is 1.47. The Kier molecular flexibility index (Phi) is 7.50. The van der Waals surface area contributed by atoms with Crippen LogP contribution >= 0.6 is 0 Å². The van der Waals surface area contributed by atoms with E-state index in [0.717, 1.165) is 22.9 Å². The predicted octanol–water partition coefficient (Wildman–Crippen LogP) is 7.43. The highest BCUT2D eigenvalue weighted by molar-refractivity contribution is 6.07. The van der Waals surface area contributed by atoms with Crippen LogP contribution in [0.25, 0.3) is 12.2 Å². The Hall–Kier alpha value is -3.14. The average molecular weight is 499 g/mol. The lowest BCUT2D eigenvalue weighted by atomic mass is 9.75. The molecule has 4 rings (SSSR count). The second-order valence-corrected chi connectivity index (χ2v) is 12.6. The Morgan fingerprint density at radius 1 is 0.676 bits per heavy atom. The molecular formula is C33H42N2O2. The topological polar surface area (TPSA) is 43.2 Å². The first-order chi connectivity index (χ1) is 17.4. The summed E-state index contributed by atoms with van der Waals surface area (Å²) in [4.78, 5) is 10.4. The summed E-state index contributed by atoms with van der Waals surface area (Å²) in [5.41, 5.74) is 3.91. The second-order valence-electron chi connectivity index (χ2n) is 12.6. The van der Waals surface area contributed by atoms with E-state index in [1.165, 1.54) is 11.1 Å². The first-order valence-electron chi connectivity index (χ1n) is 13.3. The van der Waals surface area contributed by atoms with Crippen molar-refractivity contribution in [1.82, 2.24) is 0 Å². The van der Waals surface area contributed by atoms with E-state index in [0.29, 0.717) is 26.1 Å². The largest absolute Gasteiger partial charge is 0.478 e. The number of hydrogen-bond donors (Lipinski definition) is 0. The molecule has 0 saturated carbocycles. The number of rotatable bonds is 8. The fraction of sp³-hybridized carbons (Fsp3) is 0.455. The van der Waals surface area contributed by atoms with Gasteiger partial charge in [0.25, 0.3) is 0 Å². The standard InChI is InChI=1S/C33H42N2O2/c1-9-23-11-15-25(16-12-23)19-33(20-26-17-13-24(10-2)14-18-26,29-34-27(21-36-29)31(3,4)5)30-35-28(22-37-30)32(6,7)8/h9-18,27-28H,1-2,19-22H2,3-8H3/t27-,28-/m1/s1. The Bertz CT molecular complexity index is 1080. The SMILES string of the molecule is C=Cc1ccc(CC(Cc2ccc(C=C)cc2)(C2=N[C@@H](C(C)(C)C)CO2)C2=N[C@@H](C(C)(C)C)CO2)cc1. The Morgan fingerprint density at radius 2 is 1.03 bits per heavy atom. The number of hydrogen-bond acceptors (Lipinski definition) is 4. The number of nitrogens with zero attached hydrogens (tertiary/aromatic N) is 2. The van der Waals surface area contributed by atoms with Crippen molar-refractivity contribution in [2.24, 2.45) is 26.2 Å². The van der Waals surface area contributed by atoms with Crippen molar-refractivity contribution in [3.05, 3.63) is 83.9 Å². The zero-order valence-electron chi connectivity index (χ0n) is 23.4. The fourth-order valence-corrected chi connectivity index (χ4v) is 4.86. The molecule has 2 aliphatic heterocycles. The molecule has 0 radical (unpaired) electrons. The number of aliphatic imine (C=N–C) groups is 2. The minimum atomic E-state index is -0.647. The van der Waals surface area contributed by atoms with Gasteiger partial charge >= 0.3 is 0 Å². The van der Waals surface area contributed by atoms with Crippen molar-refractivity contribution < 1.29 is 9.47 Å². The zero-order chi connectivity index (χ0) is 26.8. The van der Waals surface area contributed by atoms with Crippen LogP contribution in [0.3, 0.4) is 0 Å². The van der Waals surface area contributed by atoms with Crippen LogP contribution in [0.15, 0.2) is 71.7 Å². The molecule has 0 amide bonds. The molecule has 0 fully saturated rings. The highest BCUT2D eigenvalue weighted by atomic mass is 16.5. The lowest BCUT2D eigenvalue weighted by molar-refractivity contribution is 0.207. The Morgan fingerprint density at radius 3 is 1.30 bits per heavy atom. The molecule has 0 spiro atoms. The summed E-state index contributed by atoms with van der Waals surface area (Å²) in [7, 11) is 0. The molecule has 37 heavy (non-hydrogen) atoms. The average Bonchev–Trinajstić information content (AvgIpc) is 3.55. The van der Waals surface area contributed by atoms with E-state index in [1.54, 1.807) is 0 Å². The smallest absolute Gasteiger partial charge is 0.200 e. The van der Waals surface area contributed by atoms with Gasteiger partial charge in [-0.1, -0.05) is 115 Å². The minimum Gasteiger partial charge on any atom is -0.478 e. The molecular weight excluding hydrogens is 456 g/mol. The summed E-state index contributed by atoms with van der Waals surface area (Å²) in [6, 6.07) is 17.3. The van der Waals surface area contributed by atoms with Crippen molar-refractivity contribution in [2.75, 3.05) is 13.2 Å². The van der Waals surface area contributed by atoms with Gasteiger partial charge in [-0.05, 0) is 45.9 Å². The van der Waals surface area contributed by atoms with Gasteiger partial charge in [0.1, 0.15) is 18.6 Å². The normalized spacial score (nSPS) is 20.1. The molecule has 0 bridgehead atoms. The molecule has 4 nitrogen and oxygen atoms in total. The van der Waals surface area contributed by atoms with Crippen LogP contribution in [0.4, 0.5) is 0 Å². The molecule has 0 saturated heterocycles. The van der Waals surface area contributed by atoms with Gasteiger partial charge in [-0.3, -0.25) is 0 Å². The highest BCUT2D eigenvalue weighted by Crippen LogP contribution is 2.41. The fourth-order valence-electron chi connectivity index (χ4n) is 4.86. The minimum absolute atomic E-state index is 0.00298. The van der Waals surface area contributed by atoms with E-state index >= 15 is 0 Å². The van der Waals surface area contributed by atoms with E-state index in [4.69, 9.17) is 19.5 Å². The first kappa shape index (κ1) is 26.9. The first-order valence-corrected chi connectivity index (χ1v) is 13.3. The summed E-state index contributed by atoms with van der Waals surface area (Å²) >= 11 is 0. The molecule has 2 heterocycles. The maximum Gasteiger partial charge on any atom is 0.200 e. The van der Waals surface area contributed by atoms with Crippen molar-refractivity contribution in [3.8, 4) is 0 Å². The number of ether oxygens (including phenoxy) is 2. The van der Waals surface area contributed by atoms with Gasteiger partial charge in [0.05, 0.1) is 12.1 Å². The third kappa shape index (κ3) is 5.89. The van der Waals surface area contributed by atoms with Crippen LogP contribution in [0, 0.1) is 16.2 Å². The van der Waals surface area contributed by atoms with E-state index in [1.807, 2.05) is 12.2 Å². The van der Waals surface area contributed by atoms with Crippen LogP contribution in [-0.2, 0) is 22.3 Å². The Balaban J connectivity index is 1.87. The van der Waals surface area contributed by atoms with Gasteiger partial charge in [-0.15, -0.1) is 0 Å². The van der Waals surface area contributed by atoms with Crippen LogP contribution in [0.2, 0.25) is 0 Å². The molecule has 2 aliphatic rings. The van der Waals surface area contributed by atoms with Gasteiger partial charge in [-0.25, -0.2) is 9.98 Å². The van der Waals surface area contributed by atoms with Crippen molar-refractivity contribution in [1.29, 1.82) is 0 Å². The van der Waals surface area contributed by atoms with Crippen LogP contribution < -0.4 is 0 Å². The monoisotopic (exact) mass is 498 g/mol. The van der Waals surface area contributed by atoms with E-state index < -0.39 is 5.41 Å². The lowest BCUT2D eigenvalue weighted by Crippen LogP contribution is -2.44. The maximum absolute atomic E-state index is 6.48. The molecule has 196 valence electrons. The molecule has 4 heteroatoms. The van der Waals surface area contributed by atoms with Gasteiger partial charge in [-0.2, -0.15) is 0 Å². The van der Waals surface area contributed by atoms with E-state index in [-0.39, 0.29) is 22.9 Å². The van der Waals surface area contributed by atoms with Crippen molar-refractivity contribution >= 4 is 23.9 Å². The highest BCUT2D eigenvalue weighted by Gasteiger charge is 2.50. The lowest BCUT2D eigenvalue weighted by Gasteiger charge is -2.32. The zero-order valence-corrected chi connectivity index (χ0v) is 23.4. The Labute approximate surface area is 223 Å². The quantitative estimate of drug-likeness (QED) is 0.380. The molecule has 0 N–H and O–H groups in total. The molecule has 0 aromatic heterocycles. The predicted molar refractivity (Wildman–Crippen MR) is 156 cm³/mol. The van der Waals surface area contributed by atoms with Crippen molar-refractivity contribution in [2.45, 2.75) is 66.5 Å². The summed E-state index contributed by atoms with van der Waals surface area (Å²) in [5, 5.41) is 0.